The number of hydrogen-bond donors (Lipinski definition) is 2. The van der Waals surface area contributed by atoms with Gasteiger partial charge in [0.25, 0.3) is 5.56 Å². The molecule has 0 spiro atoms. The number of nitrogens with zero attached hydrogens (tertiary/aromatic N) is 3. The van der Waals surface area contributed by atoms with Crippen molar-refractivity contribution in [3.63, 3.8) is 0 Å². The predicted octanol–water partition coefficient (Wildman–Crippen LogP) is 3.13. The Morgan fingerprint density at radius 2 is 2.00 bits per heavy atom. The highest BCUT2D eigenvalue weighted by molar-refractivity contribution is 6.35. The first-order valence-electron chi connectivity index (χ1n) is 6.67. The van der Waals surface area contributed by atoms with E-state index in [9.17, 15) is 4.79 Å². The van der Waals surface area contributed by atoms with Gasteiger partial charge in [0.1, 0.15) is 10.8 Å². The molecule has 114 valence electrons. The number of nitrogens with two attached hydrogens (primary N) is 1. The maximum absolute atomic E-state index is 12.7. The third-order valence-electron chi connectivity index (χ3n) is 3.60. The molecule has 0 saturated carbocycles. The van der Waals surface area contributed by atoms with Gasteiger partial charge in [-0.25, -0.2) is 4.98 Å². The molecule has 1 aromatic carbocycles. The normalized spacial score (nSPS) is 11.4. The third kappa shape index (κ3) is 2.07. The van der Waals surface area contributed by atoms with Gasteiger partial charge in [-0.15, -0.1) is 5.10 Å². The second-order valence-electron chi connectivity index (χ2n) is 4.98. The second kappa shape index (κ2) is 4.97. The Balaban J connectivity index is 2.15. The molecular weight excluding hydrogens is 337 g/mol. The number of fused-ring (bicyclic) bond motifs is 2. The van der Waals surface area contributed by atoms with E-state index in [1.165, 1.54) is 4.52 Å². The van der Waals surface area contributed by atoms with Crippen molar-refractivity contribution in [3.8, 4) is 11.1 Å². The molecule has 3 heterocycles. The lowest BCUT2D eigenvalue weighted by atomic mass is 10.1. The molecule has 0 fully saturated rings. The lowest BCUT2D eigenvalue weighted by molar-refractivity contribution is 0.921. The molecule has 0 unspecified atom stereocenters. The van der Waals surface area contributed by atoms with Crippen molar-refractivity contribution in [2.24, 2.45) is 0 Å². The van der Waals surface area contributed by atoms with Gasteiger partial charge in [-0.3, -0.25) is 4.79 Å². The van der Waals surface area contributed by atoms with Crippen LogP contribution in [0, 0.1) is 0 Å². The number of halogens is 2. The van der Waals surface area contributed by atoms with Crippen LogP contribution in [0.5, 0.6) is 0 Å². The maximum Gasteiger partial charge on any atom is 0.283 e. The van der Waals surface area contributed by atoms with Gasteiger partial charge >= 0.3 is 0 Å². The molecule has 3 N–H and O–H groups in total. The van der Waals surface area contributed by atoms with Gasteiger partial charge in [-0.2, -0.15) is 4.52 Å². The molecule has 0 saturated heterocycles. The molecule has 0 aliphatic heterocycles. The Hall–Kier alpha value is -2.57. The molecule has 0 amide bonds. The van der Waals surface area contributed by atoms with Crippen LogP contribution < -0.4 is 11.3 Å². The first-order chi connectivity index (χ1) is 11.1. The average Bonchev–Trinajstić information content (AvgIpc) is 2.85. The highest BCUT2D eigenvalue weighted by Gasteiger charge is 2.17. The Kier molecular flexibility index (Phi) is 3.04. The SMILES string of the molecule is Nc1nn2c(=O)c3c(Cl)cccc3[nH]c2c1-c1ccc(Cl)nc1. The number of benzene rings is 1. The average molecular weight is 346 g/mol. The summed E-state index contributed by atoms with van der Waals surface area (Å²) in [6, 6.07) is 8.61. The first-order valence-corrected chi connectivity index (χ1v) is 7.42. The third-order valence-corrected chi connectivity index (χ3v) is 4.14. The Morgan fingerprint density at radius 3 is 2.74 bits per heavy atom. The summed E-state index contributed by atoms with van der Waals surface area (Å²) in [6.45, 7) is 0. The molecule has 23 heavy (non-hydrogen) atoms. The number of nitrogen functional groups attached to an aromatic ring is 1. The quantitative estimate of drug-likeness (QED) is 0.518. The fourth-order valence-corrected chi connectivity index (χ4v) is 2.95. The number of pyridine rings is 1. The molecule has 0 radical (unpaired) electrons. The van der Waals surface area contributed by atoms with Crippen molar-refractivity contribution in [2.75, 3.05) is 5.73 Å². The Morgan fingerprint density at radius 1 is 1.17 bits per heavy atom. The second-order valence-corrected chi connectivity index (χ2v) is 5.78. The van der Waals surface area contributed by atoms with E-state index in [0.717, 1.165) is 0 Å². The zero-order valence-electron chi connectivity index (χ0n) is 11.5. The molecule has 8 heteroatoms. The lowest BCUT2D eigenvalue weighted by Gasteiger charge is -2.04. The summed E-state index contributed by atoms with van der Waals surface area (Å²) < 4.78 is 1.22. The summed E-state index contributed by atoms with van der Waals surface area (Å²) in [7, 11) is 0. The summed E-state index contributed by atoms with van der Waals surface area (Å²) in [5, 5.41) is 5.23. The lowest BCUT2D eigenvalue weighted by Crippen LogP contribution is -2.15. The number of H-pyrrole nitrogens is 1. The minimum absolute atomic E-state index is 0.217. The van der Waals surface area contributed by atoms with Crippen LogP contribution in [0.2, 0.25) is 10.2 Å². The van der Waals surface area contributed by atoms with E-state index >= 15 is 0 Å². The van der Waals surface area contributed by atoms with E-state index in [1.807, 2.05) is 0 Å². The maximum atomic E-state index is 12.7. The summed E-state index contributed by atoms with van der Waals surface area (Å²) in [6.07, 6.45) is 1.58. The fraction of sp³-hybridized carbons (Fsp3) is 0. The van der Waals surface area contributed by atoms with Gasteiger partial charge in [0, 0.05) is 11.8 Å². The van der Waals surface area contributed by atoms with E-state index in [0.29, 0.717) is 37.9 Å². The molecule has 0 atom stereocenters. The Bertz CT molecular complexity index is 1110. The van der Waals surface area contributed by atoms with Crippen LogP contribution in [0.3, 0.4) is 0 Å². The van der Waals surface area contributed by atoms with Gasteiger partial charge in [-0.05, 0) is 24.3 Å². The molecule has 4 rings (SSSR count). The van der Waals surface area contributed by atoms with Crippen molar-refractivity contribution in [1.82, 2.24) is 19.6 Å². The number of anilines is 1. The van der Waals surface area contributed by atoms with Crippen molar-refractivity contribution in [3.05, 3.63) is 57.1 Å². The summed E-state index contributed by atoms with van der Waals surface area (Å²) >= 11 is 11.9. The van der Waals surface area contributed by atoms with Crippen LogP contribution in [-0.2, 0) is 0 Å². The number of aromatic nitrogens is 4. The monoisotopic (exact) mass is 345 g/mol. The van der Waals surface area contributed by atoms with Gasteiger partial charge in [0.15, 0.2) is 5.82 Å². The summed E-state index contributed by atoms with van der Waals surface area (Å²) in [4.78, 5) is 19.9. The van der Waals surface area contributed by atoms with Gasteiger partial charge in [0.2, 0.25) is 0 Å². The zero-order chi connectivity index (χ0) is 16.1. The standard InChI is InChI=1S/C15H9Cl2N5O/c16-8-2-1-3-9-12(8)15(23)22-14(20-9)11(13(18)21-22)7-4-5-10(17)19-6-7/h1-6,20H,(H2,18,21). The van der Waals surface area contributed by atoms with Gasteiger partial charge in [0.05, 0.1) is 21.5 Å². The van der Waals surface area contributed by atoms with Crippen LogP contribution in [-0.4, -0.2) is 19.6 Å². The van der Waals surface area contributed by atoms with E-state index in [-0.39, 0.29) is 11.4 Å². The molecule has 0 aliphatic carbocycles. The van der Waals surface area contributed by atoms with Crippen molar-refractivity contribution in [1.29, 1.82) is 0 Å². The molecule has 4 aromatic rings. The minimum Gasteiger partial charge on any atom is -0.382 e. The Labute approximate surface area is 139 Å². The highest BCUT2D eigenvalue weighted by atomic mass is 35.5. The van der Waals surface area contributed by atoms with Crippen molar-refractivity contribution in [2.45, 2.75) is 0 Å². The molecule has 3 aromatic heterocycles. The van der Waals surface area contributed by atoms with Crippen LogP contribution in [0.4, 0.5) is 5.82 Å². The van der Waals surface area contributed by atoms with E-state index in [4.69, 9.17) is 28.9 Å². The molecule has 0 aliphatic rings. The topological polar surface area (TPSA) is 89.1 Å². The highest BCUT2D eigenvalue weighted by Crippen LogP contribution is 2.30. The van der Waals surface area contributed by atoms with Gasteiger partial charge in [-0.1, -0.05) is 29.3 Å². The van der Waals surface area contributed by atoms with E-state index in [2.05, 4.69) is 15.1 Å². The first kappa shape index (κ1) is 14.0. The number of aromatic amines is 1. The summed E-state index contributed by atoms with van der Waals surface area (Å²) in [5.74, 6) is 0.217. The summed E-state index contributed by atoms with van der Waals surface area (Å²) in [5.41, 5.74) is 8.06. The number of hydrogen-bond acceptors (Lipinski definition) is 4. The fourth-order valence-electron chi connectivity index (χ4n) is 2.58. The van der Waals surface area contributed by atoms with Crippen LogP contribution in [0.15, 0.2) is 41.3 Å². The van der Waals surface area contributed by atoms with Crippen molar-refractivity contribution >= 4 is 45.6 Å². The predicted molar refractivity (Wildman–Crippen MR) is 91.0 cm³/mol. The molecule has 0 bridgehead atoms. The van der Waals surface area contributed by atoms with Crippen molar-refractivity contribution < 1.29 is 0 Å². The van der Waals surface area contributed by atoms with Crippen LogP contribution >= 0.6 is 23.2 Å². The van der Waals surface area contributed by atoms with Crippen LogP contribution in [0.25, 0.3) is 27.7 Å². The smallest absolute Gasteiger partial charge is 0.283 e. The van der Waals surface area contributed by atoms with Gasteiger partial charge < -0.3 is 10.7 Å². The molecule has 6 nitrogen and oxygen atoms in total. The number of rotatable bonds is 1. The zero-order valence-corrected chi connectivity index (χ0v) is 13.1. The van der Waals surface area contributed by atoms with E-state index in [1.54, 1.807) is 36.5 Å². The molecular formula is C15H9Cl2N5O. The van der Waals surface area contributed by atoms with E-state index < -0.39 is 0 Å². The number of nitrogens with one attached hydrogen (secondary N) is 1. The van der Waals surface area contributed by atoms with Crippen LogP contribution in [0.1, 0.15) is 0 Å². The minimum atomic E-state index is -0.334. The largest absolute Gasteiger partial charge is 0.382 e.